The lowest BCUT2D eigenvalue weighted by Gasteiger charge is -2.03. The molecule has 0 heterocycles. The molecular formula is C20H28N4O9S2. The lowest BCUT2D eigenvalue weighted by molar-refractivity contribution is 0.314. The molecule has 2 aromatic carbocycles. The minimum absolute atomic E-state index is 0.0306. The monoisotopic (exact) mass is 532 g/mol. The summed E-state index contributed by atoms with van der Waals surface area (Å²) in [7, 11) is -7.85. The van der Waals surface area contributed by atoms with E-state index in [1.165, 1.54) is 6.07 Å². The van der Waals surface area contributed by atoms with Crippen molar-refractivity contribution in [2.75, 3.05) is 24.7 Å². The lowest BCUT2D eigenvalue weighted by atomic mass is 10.1. The number of aromatic hydroxyl groups is 1. The maximum atomic E-state index is 9.89. The van der Waals surface area contributed by atoms with Gasteiger partial charge in [-0.15, -0.1) is 0 Å². The summed E-state index contributed by atoms with van der Waals surface area (Å²) in [6.07, 6.45) is 3.61. The minimum Gasteiger partial charge on any atom is -0.507 e. The molecule has 194 valence electrons. The molecule has 0 spiro atoms. The molecule has 2 aromatic rings. The van der Waals surface area contributed by atoms with Crippen molar-refractivity contribution in [3.63, 3.8) is 0 Å². The average Bonchev–Trinajstić information content (AvgIpc) is 2.72. The van der Waals surface area contributed by atoms with Gasteiger partial charge in [-0.05, 0) is 11.6 Å². The molecule has 0 atom stereocenters. The standard InChI is InChI=1S/C16H16N4O.2C2H6O4S/c17-15(18)12-5-2-10(3-6-12)1-4-11-7-8-13(16(19)20)9-14(11)21;2*3-1-2-7(4,5)6/h1-9,21H,(H3,17,18)(H3,19,20);2*3H,1-2H2,(H,4,5,6)/b4-1+;;. The SMILES string of the molecule is N=C(N)c1ccc(/C=C/c2ccc(C(=N)N)cc2O)cc1.O=S(=O)(O)CCO.O=S(=O)(O)CCO. The molecule has 11 N–H and O–H groups in total. The Morgan fingerprint density at radius 3 is 1.51 bits per heavy atom. The Hall–Kier alpha value is -3.34. The predicted octanol–water partition coefficient (Wildman–Crippen LogP) is -0.136. The van der Waals surface area contributed by atoms with Crippen molar-refractivity contribution in [3.8, 4) is 5.75 Å². The van der Waals surface area contributed by atoms with Gasteiger partial charge in [-0.3, -0.25) is 19.9 Å². The summed E-state index contributed by atoms with van der Waals surface area (Å²) in [6, 6.07) is 12.1. The van der Waals surface area contributed by atoms with Crippen molar-refractivity contribution < 1.29 is 41.3 Å². The van der Waals surface area contributed by atoms with Gasteiger partial charge in [0.05, 0.1) is 24.7 Å². The van der Waals surface area contributed by atoms with Crippen molar-refractivity contribution in [1.29, 1.82) is 10.8 Å². The zero-order chi connectivity index (χ0) is 27.2. The quantitative estimate of drug-likeness (QED) is 0.0934. The number of nitrogens with two attached hydrogens (primary N) is 2. The Morgan fingerprint density at radius 1 is 0.771 bits per heavy atom. The van der Waals surface area contributed by atoms with Crippen molar-refractivity contribution in [2.45, 2.75) is 0 Å². The molecule has 0 aromatic heterocycles. The molecule has 0 unspecified atom stereocenters. The zero-order valence-electron chi connectivity index (χ0n) is 18.4. The number of hydrogen-bond acceptors (Lipinski definition) is 9. The van der Waals surface area contributed by atoms with E-state index in [-0.39, 0.29) is 17.4 Å². The number of benzene rings is 2. The number of phenolic OH excluding ortho intramolecular Hbond substituents is 1. The van der Waals surface area contributed by atoms with E-state index >= 15 is 0 Å². The Kier molecular flexibility index (Phi) is 13.4. The van der Waals surface area contributed by atoms with E-state index in [1.54, 1.807) is 30.3 Å². The molecule has 0 aliphatic heterocycles. The Bertz CT molecular complexity index is 1190. The molecule has 0 saturated heterocycles. The molecule has 0 aliphatic rings. The molecule has 0 radical (unpaired) electrons. The van der Waals surface area contributed by atoms with Crippen LogP contribution in [0, 0.1) is 10.8 Å². The van der Waals surface area contributed by atoms with E-state index < -0.39 is 45.0 Å². The van der Waals surface area contributed by atoms with E-state index in [9.17, 15) is 21.9 Å². The van der Waals surface area contributed by atoms with Crippen LogP contribution in [-0.4, -0.2) is 77.7 Å². The highest BCUT2D eigenvalue weighted by Crippen LogP contribution is 2.21. The zero-order valence-corrected chi connectivity index (χ0v) is 20.0. The van der Waals surface area contributed by atoms with Crippen molar-refractivity contribution >= 4 is 44.1 Å². The molecular weight excluding hydrogens is 504 g/mol. The number of aliphatic hydroxyl groups excluding tert-OH is 2. The van der Waals surface area contributed by atoms with Gasteiger partial charge in [-0.2, -0.15) is 16.8 Å². The third-order valence-corrected chi connectivity index (χ3v) is 5.11. The van der Waals surface area contributed by atoms with Crippen LogP contribution in [0.5, 0.6) is 5.75 Å². The Labute approximate surface area is 202 Å². The number of rotatable bonds is 8. The Morgan fingerprint density at radius 2 is 1.20 bits per heavy atom. The van der Waals surface area contributed by atoms with Crippen LogP contribution in [0.4, 0.5) is 0 Å². The highest BCUT2D eigenvalue weighted by atomic mass is 32.2. The largest absolute Gasteiger partial charge is 0.507 e. The van der Waals surface area contributed by atoms with Crippen LogP contribution < -0.4 is 11.5 Å². The number of hydrogen-bond donors (Lipinski definition) is 9. The lowest BCUT2D eigenvalue weighted by Crippen LogP contribution is -2.10. The van der Waals surface area contributed by atoms with Crippen molar-refractivity contribution in [3.05, 3.63) is 64.7 Å². The summed E-state index contributed by atoms with van der Waals surface area (Å²) >= 11 is 0. The summed E-state index contributed by atoms with van der Waals surface area (Å²) < 4.78 is 54.2. The second-order valence-electron chi connectivity index (χ2n) is 6.58. The van der Waals surface area contributed by atoms with E-state index in [4.69, 9.17) is 41.6 Å². The normalized spacial score (nSPS) is 11.1. The van der Waals surface area contributed by atoms with Crippen LogP contribution in [0.3, 0.4) is 0 Å². The van der Waals surface area contributed by atoms with E-state index in [0.717, 1.165) is 5.56 Å². The number of amidine groups is 2. The molecule has 0 aliphatic carbocycles. The molecule has 0 bridgehead atoms. The first kappa shape index (κ1) is 31.7. The Balaban J connectivity index is 0.000000680. The van der Waals surface area contributed by atoms with Gasteiger partial charge < -0.3 is 26.8 Å². The molecule has 0 fully saturated rings. The van der Waals surface area contributed by atoms with E-state index in [1.807, 2.05) is 18.2 Å². The van der Waals surface area contributed by atoms with Gasteiger partial charge >= 0.3 is 0 Å². The first-order valence-electron chi connectivity index (χ1n) is 9.51. The van der Waals surface area contributed by atoms with Crippen molar-refractivity contribution in [1.82, 2.24) is 0 Å². The maximum Gasteiger partial charge on any atom is 0.267 e. The van der Waals surface area contributed by atoms with Gasteiger partial charge in [-0.25, -0.2) is 0 Å². The number of phenols is 1. The number of aliphatic hydroxyl groups is 2. The van der Waals surface area contributed by atoms with E-state index in [2.05, 4.69) is 0 Å². The van der Waals surface area contributed by atoms with Crippen LogP contribution in [0.1, 0.15) is 22.3 Å². The highest BCUT2D eigenvalue weighted by Gasteiger charge is 2.02. The fourth-order valence-electron chi connectivity index (χ4n) is 2.04. The van der Waals surface area contributed by atoms with Gasteiger partial charge in [-0.1, -0.05) is 48.6 Å². The second-order valence-corrected chi connectivity index (χ2v) is 9.72. The van der Waals surface area contributed by atoms with Gasteiger partial charge in [0, 0.05) is 16.7 Å². The van der Waals surface area contributed by atoms with Crippen LogP contribution in [0.25, 0.3) is 12.2 Å². The topological polar surface area (TPSA) is 269 Å². The van der Waals surface area contributed by atoms with Gasteiger partial charge in [0.2, 0.25) is 0 Å². The van der Waals surface area contributed by atoms with Crippen LogP contribution in [-0.2, 0) is 20.2 Å². The molecule has 0 saturated carbocycles. The number of nitrogens with one attached hydrogen (secondary N) is 2. The maximum absolute atomic E-state index is 9.89. The molecule has 2 rings (SSSR count). The van der Waals surface area contributed by atoms with Gasteiger partial charge in [0.1, 0.15) is 17.4 Å². The molecule has 13 nitrogen and oxygen atoms in total. The first-order valence-corrected chi connectivity index (χ1v) is 12.7. The molecule has 15 heteroatoms. The van der Waals surface area contributed by atoms with Crippen molar-refractivity contribution in [2.24, 2.45) is 11.5 Å². The molecule has 0 amide bonds. The van der Waals surface area contributed by atoms with Crippen LogP contribution >= 0.6 is 0 Å². The summed E-state index contributed by atoms with van der Waals surface area (Å²) in [6.45, 7) is -1.06. The first-order chi connectivity index (χ1) is 16.1. The molecule has 35 heavy (non-hydrogen) atoms. The van der Waals surface area contributed by atoms with Gasteiger partial charge in [0.15, 0.2) is 0 Å². The average molecular weight is 533 g/mol. The summed E-state index contributed by atoms with van der Waals surface area (Å²) in [4.78, 5) is 0. The number of nitrogen functional groups attached to an aromatic ring is 2. The second kappa shape index (κ2) is 14.8. The summed E-state index contributed by atoms with van der Waals surface area (Å²) in [5, 5.41) is 40.3. The fraction of sp³-hybridized carbons (Fsp3) is 0.200. The fourth-order valence-corrected chi connectivity index (χ4v) is 2.50. The smallest absolute Gasteiger partial charge is 0.267 e. The third kappa shape index (κ3) is 15.2. The van der Waals surface area contributed by atoms with Crippen LogP contribution in [0.2, 0.25) is 0 Å². The summed E-state index contributed by atoms with van der Waals surface area (Å²) in [5.41, 5.74) is 13.5. The summed E-state index contributed by atoms with van der Waals surface area (Å²) in [5.74, 6) is -1.14. The minimum atomic E-state index is -3.92. The predicted molar refractivity (Wildman–Crippen MR) is 133 cm³/mol. The van der Waals surface area contributed by atoms with Crippen LogP contribution in [0.15, 0.2) is 42.5 Å². The highest BCUT2D eigenvalue weighted by molar-refractivity contribution is 7.86. The van der Waals surface area contributed by atoms with E-state index in [0.29, 0.717) is 16.7 Å². The third-order valence-electron chi connectivity index (χ3n) is 3.72. The van der Waals surface area contributed by atoms with Gasteiger partial charge in [0.25, 0.3) is 20.2 Å².